The fraction of sp³-hybridized carbons (Fsp3) is 0.533. The molecule has 0 radical (unpaired) electrons. The topological polar surface area (TPSA) is 29.9 Å². The summed E-state index contributed by atoms with van der Waals surface area (Å²) in [6.45, 7) is 4.67. The number of hydrogen-bond acceptors (Lipinski definition) is 2. The van der Waals surface area contributed by atoms with Crippen molar-refractivity contribution in [3.63, 3.8) is 0 Å². The second-order valence-corrected chi connectivity index (χ2v) is 6.05. The Labute approximate surface area is 118 Å². The summed E-state index contributed by atoms with van der Waals surface area (Å²) in [4.78, 5) is 3.31. The Balaban J connectivity index is 2.17. The normalized spacial score (nSPS) is 27.0. The molecule has 0 bridgehead atoms. The van der Waals surface area contributed by atoms with Crippen LogP contribution in [0.25, 0.3) is 11.0 Å². The number of H-pyrrole nitrogens is 1. The smallest absolute Gasteiger partial charge is 0.178 e. The highest BCUT2D eigenvalue weighted by atomic mass is 32.1. The van der Waals surface area contributed by atoms with Gasteiger partial charge in [0.25, 0.3) is 0 Å². The van der Waals surface area contributed by atoms with Crippen molar-refractivity contribution in [1.82, 2.24) is 9.55 Å². The van der Waals surface area contributed by atoms with Crippen LogP contribution in [-0.2, 0) is 0 Å². The minimum atomic E-state index is 0.503. The van der Waals surface area contributed by atoms with Crippen LogP contribution in [0.3, 0.4) is 0 Å². The Morgan fingerprint density at radius 1 is 1.32 bits per heavy atom. The van der Waals surface area contributed by atoms with E-state index in [1.807, 2.05) is 12.1 Å². The maximum Gasteiger partial charge on any atom is 0.178 e. The molecule has 1 saturated carbocycles. The van der Waals surface area contributed by atoms with Gasteiger partial charge >= 0.3 is 0 Å². The van der Waals surface area contributed by atoms with Crippen LogP contribution in [0, 0.1) is 16.6 Å². The zero-order chi connectivity index (χ0) is 13.6. The van der Waals surface area contributed by atoms with Gasteiger partial charge in [-0.3, -0.25) is 0 Å². The number of ether oxygens (including phenoxy) is 1. The van der Waals surface area contributed by atoms with Gasteiger partial charge in [-0.05, 0) is 49.0 Å². The molecule has 3 unspecified atom stereocenters. The molecule has 2 aromatic rings. The summed E-state index contributed by atoms with van der Waals surface area (Å²) in [5.41, 5.74) is 2.26. The summed E-state index contributed by atoms with van der Waals surface area (Å²) >= 11 is 5.53. The highest BCUT2D eigenvalue weighted by Gasteiger charge is 2.32. The van der Waals surface area contributed by atoms with E-state index in [4.69, 9.17) is 17.0 Å². The minimum absolute atomic E-state index is 0.503. The second-order valence-electron chi connectivity index (χ2n) is 5.66. The molecule has 1 fully saturated rings. The van der Waals surface area contributed by atoms with Gasteiger partial charge in [-0.25, -0.2) is 0 Å². The first-order chi connectivity index (χ1) is 9.11. The average Bonchev–Trinajstić information content (AvgIpc) is 2.89. The monoisotopic (exact) mass is 276 g/mol. The van der Waals surface area contributed by atoms with Crippen molar-refractivity contribution >= 4 is 23.3 Å². The summed E-state index contributed by atoms with van der Waals surface area (Å²) in [6, 6.07) is 6.60. The number of aromatic nitrogens is 2. The average molecular weight is 276 g/mol. The lowest BCUT2D eigenvalue weighted by Gasteiger charge is -2.20. The van der Waals surface area contributed by atoms with E-state index in [9.17, 15) is 0 Å². The van der Waals surface area contributed by atoms with Crippen molar-refractivity contribution in [3.05, 3.63) is 23.0 Å². The SMILES string of the molecule is COc1ccc2[nH]c(=S)n(C3CCC(C)C3C)c2c1. The number of aromatic amines is 1. The van der Waals surface area contributed by atoms with E-state index >= 15 is 0 Å². The standard InChI is InChI=1S/C15H20N2OS/c1-9-4-7-13(10(9)2)17-14-8-11(18-3)5-6-12(14)16-15(17)19/h5-6,8-10,13H,4,7H2,1-3H3,(H,16,19). The highest BCUT2D eigenvalue weighted by Crippen LogP contribution is 2.41. The Morgan fingerprint density at radius 3 is 2.74 bits per heavy atom. The van der Waals surface area contributed by atoms with E-state index < -0.39 is 0 Å². The van der Waals surface area contributed by atoms with Gasteiger partial charge < -0.3 is 14.3 Å². The van der Waals surface area contributed by atoms with Crippen molar-refractivity contribution < 1.29 is 4.74 Å². The van der Waals surface area contributed by atoms with E-state index in [0.29, 0.717) is 12.0 Å². The summed E-state index contributed by atoms with van der Waals surface area (Å²) in [5.74, 6) is 2.31. The van der Waals surface area contributed by atoms with Gasteiger partial charge in [0.15, 0.2) is 4.77 Å². The van der Waals surface area contributed by atoms with Crippen LogP contribution in [0.1, 0.15) is 32.7 Å². The first kappa shape index (κ1) is 12.7. The molecule has 3 rings (SSSR count). The predicted molar refractivity (Wildman–Crippen MR) is 80.3 cm³/mol. The second kappa shape index (κ2) is 4.67. The molecular weight excluding hydrogens is 256 g/mol. The van der Waals surface area contributed by atoms with E-state index in [1.165, 1.54) is 12.8 Å². The zero-order valence-corrected chi connectivity index (χ0v) is 12.5. The van der Waals surface area contributed by atoms with Gasteiger partial charge in [-0.1, -0.05) is 13.8 Å². The van der Waals surface area contributed by atoms with Crippen LogP contribution < -0.4 is 4.74 Å². The lowest BCUT2D eigenvalue weighted by molar-refractivity contribution is 0.356. The first-order valence-electron chi connectivity index (χ1n) is 6.90. The maximum atomic E-state index is 5.53. The van der Waals surface area contributed by atoms with Gasteiger partial charge in [0.2, 0.25) is 0 Å². The van der Waals surface area contributed by atoms with E-state index in [2.05, 4.69) is 29.5 Å². The van der Waals surface area contributed by atoms with Crippen LogP contribution in [-0.4, -0.2) is 16.7 Å². The molecule has 3 nitrogen and oxygen atoms in total. The van der Waals surface area contributed by atoms with Crippen molar-refractivity contribution in [2.45, 2.75) is 32.7 Å². The van der Waals surface area contributed by atoms with Crippen molar-refractivity contribution in [2.75, 3.05) is 7.11 Å². The van der Waals surface area contributed by atoms with E-state index in [0.717, 1.165) is 27.5 Å². The minimum Gasteiger partial charge on any atom is -0.497 e. The molecule has 1 aliphatic rings. The zero-order valence-electron chi connectivity index (χ0n) is 11.6. The number of nitrogens with zero attached hydrogens (tertiary/aromatic N) is 1. The molecule has 0 aliphatic heterocycles. The molecule has 1 heterocycles. The molecule has 0 spiro atoms. The Kier molecular flexibility index (Phi) is 3.13. The lowest BCUT2D eigenvalue weighted by atomic mass is 9.97. The fourth-order valence-corrected chi connectivity index (χ4v) is 3.60. The third-order valence-electron chi connectivity index (χ3n) is 4.68. The Bertz CT molecular complexity index is 658. The van der Waals surface area contributed by atoms with Crippen LogP contribution in [0.2, 0.25) is 0 Å². The van der Waals surface area contributed by atoms with Crippen LogP contribution >= 0.6 is 12.2 Å². The van der Waals surface area contributed by atoms with Crippen molar-refractivity contribution in [1.29, 1.82) is 0 Å². The molecule has 102 valence electrons. The number of methoxy groups -OCH3 is 1. The van der Waals surface area contributed by atoms with Gasteiger partial charge in [-0.15, -0.1) is 0 Å². The van der Waals surface area contributed by atoms with E-state index in [-0.39, 0.29) is 0 Å². The fourth-order valence-electron chi connectivity index (χ4n) is 3.26. The lowest BCUT2D eigenvalue weighted by Crippen LogP contribution is -2.14. The molecule has 1 N–H and O–H groups in total. The number of hydrogen-bond donors (Lipinski definition) is 1. The molecule has 19 heavy (non-hydrogen) atoms. The molecule has 1 aromatic carbocycles. The number of rotatable bonds is 2. The number of imidazole rings is 1. The summed E-state index contributed by atoms with van der Waals surface area (Å²) < 4.78 is 8.46. The molecule has 1 aliphatic carbocycles. The predicted octanol–water partition coefficient (Wildman–Crippen LogP) is 4.31. The third kappa shape index (κ3) is 1.98. The molecule has 3 atom stereocenters. The molecule has 1 aromatic heterocycles. The van der Waals surface area contributed by atoms with Gasteiger partial charge in [0, 0.05) is 12.1 Å². The van der Waals surface area contributed by atoms with Crippen LogP contribution in [0.5, 0.6) is 5.75 Å². The number of benzene rings is 1. The highest BCUT2D eigenvalue weighted by molar-refractivity contribution is 7.71. The van der Waals surface area contributed by atoms with E-state index in [1.54, 1.807) is 7.11 Å². The Hall–Kier alpha value is -1.29. The van der Waals surface area contributed by atoms with Crippen LogP contribution in [0.15, 0.2) is 18.2 Å². The van der Waals surface area contributed by atoms with Gasteiger partial charge in [-0.2, -0.15) is 0 Å². The Morgan fingerprint density at radius 2 is 2.11 bits per heavy atom. The largest absolute Gasteiger partial charge is 0.497 e. The maximum absolute atomic E-state index is 5.53. The first-order valence-corrected chi connectivity index (χ1v) is 7.31. The molecular formula is C15H20N2OS. The van der Waals surface area contributed by atoms with Gasteiger partial charge in [0.05, 0.1) is 18.1 Å². The van der Waals surface area contributed by atoms with Crippen molar-refractivity contribution in [2.24, 2.45) is 11.8 Å². The quantitative estimate of drug-likeness (QED) is 0.828. The molecule has 0 saturated heterocycles. The third-order valence-corrected chi connectivity index (χ3v) is 4.98. The number of nitrogens with one attached hydrogen (secondary N) is 1. The molecule has 4 heteroatoms. The summed E-state index contributed by atoms with van der Waals surface area (Å²) in [6.07, 6.45) is 2.49. The van der Waals surface area contributed by atoms with Crippen molar-refractivity contribution in [3.8, 4) is 5.75 Å². The molecule has 0 amide bonds. The van der Waals surface area contributed by atoms with Gasteiger partial charge in [0.1, 0.15) is 5.75 Å². The summed E-state index contributed by atoms with van der Waals surface area (Å²) in [5, 5.41) is 0. The number of fused-ring (bicyclic) bond motifs is 1. The van der Waals surface area contributed by atoms with Crippen LogP contribution in [0.4, 0.5) is 0 Å². The summed E-state index contributed by atoms with van der Waals surface area (Å²) in [7, 11) is 1.70.